The minimum absolute atomic E-state index is 0.152. The van der Waals surface area contributed by atoms with Crippen molar-refractivity contribution in [3.63, 3.8) is 0 Å². The van der Waals surface area contributed by atoms with E-state index in [1.54, 1.807) is 6.08 Å². The van der Waals surface area contributed by atoms with E-state index >= 15 is 0 Å². The SMILES string of the molecule is O=C(NC1CCCCCC1)[C@@H]1[C@H](C(=O)O)[C@H]2C=C[C@H]1O2. The van der Waals surface area contributed by atoms with Gasteiger partial charge in [-0.05, 0) is 12.8 Å². The lowest BCUT2D eigenvalue weighted by molar-refractivity contribution is -0.146. The zero-order chi connectivity index (χ0) is 14.1. The number of carboxylic acids is 1. The lowest BCUT2D eigenvalue weighted by Crippen LogP contribution is -2.46. The van der Waals surface area contributed by atoms with Crippen molar-refractivity contribution in [3.8, 4) is 0 Å². The summed E-state index contributed by atoms with van der Waals surface area (Å²) < 4.78 is 5.54. The summed E-state index contributed by atoms with van der Waals surface area (Å²) in [6, 6.07) is 0.197. The number of fused-ring (bicyclic) bond motifs is 2. The van der Waals surface area contributed by atoms with Gasteiger partial charge >= 0.3 is 5.97 Å². The Labute approximate surface area is 118 Å². The second kappa shape index (κ2) is 5.56. The predicted molar refractivity (Wildman–Crippen MR) is 72.0 cm³/mol. The van der Waals surface area contributed by atoms with Crippen LogP contribution in [0.3, 0.4) is 0 Å². The number of ether oxygens (including phenoxy) is 1. The number of aliphatic carboxylic acids is 1. The van der Waals surface area contributed by atoms with E-state index in [4.69, 9.17) is 4.74 Å². The monoisotopic (exact) mass is 279 g/mol. The zero-order valence-corrected chi connectivity index (χ0v) is 11.5. The first-order valence-corrected chi connectivity index (χ1v) is 7.54. The highest BCUT2D eigenvalue weighted by Gasteiger charge is 2.53. The molecule has 4 atom stereocenters. The summed E-state index contributed by atoms with van der Waals surface area (Å²) in [4.78, 5) is 23.8. The van der Waals surface area contributed by atoms with Gasteiger partial charge < -0.3 is 15.2 Å². The number of carbonyl (C=O) groups excluding carboxylic acids is 1. The molecular formula is C15H21NO4. The molecule has 3 rings (SSSR count). The molecule has 20 heavy (non-hydrogen) atoms. The molecule has 1 aliphatic carbocycles. The maximum atomic E-state index is 12.4. The quantitative estimate of drug-likeness (QED) is 0.606. The summed E-state index contributed by atoms with van der Waals surface area (Å²) in [7, 11) is 0. The van der Waals surface area contributed by atoms with E-state index in [9.17, 15) is 14.7 Å². The second-order valence-corrected chi connectivity index (χ2v) is 6.04. The maximum Gasteiger partial charge on any atom is 0.310 e. The van der Waals surface area contributed by atoms with Crippen LogP contribution in [0.15, 0.2) is 12.2 Å². The molecule has 0 unspecified atom stereocenters. The van der Waals surface area contributed by atoms with Gasteiger partial charge in [-0.15, -0.1) is 0 Å². The van der Waals surface area contributed by atoms with Crippen molar-refractivity contribution in [1.29, 1.82) is 0 Å². The van der Waals surface area contributed by atoms with Gasteiger partial charge in [-0.1, -0.05) is 37.8 Å². The van der Waals surface area contributed by atoms with Gasteiger partial charge in [0.1, 0.15) is 5.92 Å². The Bertz CT molecular complexity index is 426. The van der Waals surface area contributed by atoms with Crippen molar-refractivity contribution in [2.75, 3.05) is 0 Å². The number of carboxylic acid groups (broad SMARTS) is 1. The maximum absolute atomic E-state index is 12.4. The van der Waals surface area contributed by atoms with Crippen molar-refractivity contribution in [1.82, 2.24) is 5.32 Å². The number of hydrogen-bond acceptors (Lipinski definition) is 3. The van der Waals surface area contributed by atoms with Gasteiger partial charge in [0.15, 0.2) is 0 Å². The topological polar surface area (TPSA) is 75.6 Å². The first-order chi connectivity index (χ1) is 9.66. The van der Waals surface area contributed by atoms with E-state index in [1.165, 1.54) is 12.8 Å². The zero-order valence-electron chi connectivity index (χ0n) is 11.5. The first kappa shape index (κ1) is 13.6. The van der Waals surface area contributed by atoms with Gasteiger partial charge in [0, 0.05) is 6.04 Å². The molecule has 2 aliphatic heterocycles. The molecule has 2 fully saturated rings. The van der Waals surface area contributed by atoms with Crippen LogP contribution in [0.5, 0.6) is 0 Å². The van der Waals surface area contributed by atoms with Gasteiger partial charge in [0.05, 0.1) is 18.1 Å². The molecule has 0 aromatic rings. The van der Waals surface area contributed by atoms with Gasteiger partial charge in [-0.25, -0.2) is 0 Å². The highest BCUT2D eigenvalue weighted by atomic mass is 16.5. The molecule has 110 valence electrons. The minimum atomic E-state index is -0.942. The van der Waals surface area contributed by atoms with Crippen LogP contribution in [0.4, 0.5) is 0 Å². The van der Waals surface area contributed by atoms with Crippen LogP contribution in [-0.4, -0.2) is 35.2 Å². The van der Waals surface area contributed by atoms with Gasteiger partial charge in [-0.3, -0.25) is 9.59 Å². The molecule has 0 radical (unpaired) electrons. The Morgan fingerprint density at radius 2 is 1.60 bits per heavy atom. The van der Waals surface area contributed by atoms with Crippen molar-refractivity contribution >= 4 is 11.9 Å². The molecule has 0 aromatic heterocycles. The van der Waals surface area contributed by atoms with E-state index in [0.29, 0.717) is 0 Å². The molecular weight excluding hydrogens is 258 g/mol. The van der Waals surface area contributed by atoms with Crippen LogP contribution in [0.25, 0.3) is 0 Å². The first-order valence-electron chi connectivity index (χ1n) is 7.54. The molecule has 0 aromatic carbocycles. The lowest BCUT2D eigenvalue weighted by atomic mass is 9.82. The van der Waals surface area contributed by atoms with Crippen LogP contribution in [0, 0.1) is 11.8 Å². The highest BCUT2D eigenvalue weighted by Crippen LogP contribution is 2.39. The Kier molecular flexibility index (Phi) is 3.78. The van der Waals surface area contributed by atoms with Crippen LogP contribution < -0.4 is 5.32 Å². The summed E-state index contributed by atoms with van der Waals surface area (Å²) in [5, 5.41) is 12.4. The summed E-state index contributed by atoms with van der Waals surface area (Å²) in [5.41, 5.74) is 0. The van der Waals surface area contributed by atoms with Crippen LogP contribution in [0.1, 0.15) is 38.5 Å². The van der Waals surface area contributed by atoms with E-state index in [0.717, 1.165) is 25.7 Å². The molecule has 1 amide bonds. The van der Waals surface area contributed by atoms with Gasteiger partial charge in [0.2, 0.25) is 5.91 Å². The van der Waals surface area contributed by atoms with Gasteiger partial charge in [-0.2, -0.15) is 0 Å². The molecule has 0 spiro atoms. The molecule has 1 saturated heterocycles. The summed E-state index contributed by atoms with van der Waals surface area (Å²) in [6.45, 7) is 0. The smallest absolute Gasteiger partial charge is 0.310 e. The lowest BCUT2D eigenvalue weighted by Gasteiger charge is -2.24. The molecule has 3 aliphatic rings. The third-order valence-electron chi connectivity index (χ3n) is 4.69. The fourth-order valence-electron chi connectivity index (χ4n) is 3.64. The average molecular weight is 279 g/mol. The second-order valence-electron chi connectivity index (χ2n) is 6.04. The molecule has 2 bridgehead atoms. The fraction of sp³-hybridized carbons (Fsp3) is 0.733. The Hall–Kier alpha value is -1.36. The number of amides is 1. The summed E-state index contributed by atoms with van der Waals surface area (Å²) in [5.74, 6) is -2.41. The van der Waals surface area contributed by atoms with Gasteiger partial charge in [0.25, 0.3) is 0 Å². The normalized spacial score (nSPS) is 36.8. The third-order valence-corrected chi connectivity index (χ3v) is 4.69. The standard InChI is InChI=1S/C15H21NO4/c17-14(16-9-5-3-1-2-4-6-9)12-10-7-8-11(20-10)13(12)15(18)19/h7-13H,1-6H2,(H,16,17)(H,18,19)/t10-,11-,12+,13-/m1/s1. The van der Waals surface area contributed by atoms with Crippen molar-refractivity contribution in [2.45, 2.75) is 56.8 Å². The van der Waals surface area contributed by atoms with Crippen LogP contribution in [-0.2, 0) is 14.3 Å². The molecule has 5 heteroatoms. The average Bonchev–Trinajstić information content (AvgIpc) is 2.93. The minimum Gasteiger partial charge on any atom is -0.481 e. The van der Waals surface area contributed by atoms with Crippen molar-refractivity contribution in [3.05, 3.63) is 12.2 Å². The molecule has 2 heterocycles. The van der Waals surface area contributed by atoms with E-state index < -0.39 is 23.9 Å². The predicted octanol–water partition coefficient (Wildman–Crippen LogP) is 1.48. The number of hydrogen-bond donors (Lipinski definition) is 2. The summed E-state index contributed by atoms with van der Waals surface area (Å²) >= 11 is 0. The highest BCUT2D eigenvalue weighted by molar-refractivity contribution is 5.87. The van der Waals surface area contributed by atoms with Crippen molar-refractivity contribution < 1.29 is 19.4 Å². The van der Waals surface area contributed by atoms with Crippen molar-refractivity contribution in [2.24, 2.45) is 11.8 Å². The fourth-order valence-corrected chi connectivity index (χ4v) is 3.64. The van der Waals surface area contributed by atoms with E-state index in [1.807, 2.05) is 6.08 Å². The largest absolute Gasteiger partial charge is 0.481 e. The summed E-state index contributed by atoms with van der Waals surface area (Å²) in [6.07, 6.45) is 9.51. The number of carbonyl (C=O) groups is 2. The van der Waals surface area contributed by atoms with E-state index in [-0.39, 0.29) is 18.1 Å². The third kappa shape index (κ3) is 2.46. The number of rotatable bonds is 3. The van der Waals surface area contributed by atoms with Crippen LogP contribution in [0.2, 0.25) is 0 Å². The van der Waals surface area contributed by atoms with Crippen LogP contribution >= 0.6 is 0 Å². The molecule has 5 nitrogen and oxygen atoms in total. The molecule has 1 saturated carbocycles. The Morgan fingerprint density at radius 1 is 1.00 bits per heavy atom. The van der Waals surface area contributed by atoms with E-state index in [2.05, 4.69) is 5.32 Å². The Morgan fingerprint density at radius 3 is 2.20 bits per heavy atom. The Balaban J connectivity index is 1.66. The number of nitrogens with one attached hydrogen (secondary N) is 1. The molecule has 2 N–H and O–H groups in total.